The molecule has 0 saturated carbocycles. The number of likely N-dealkylation sites (tertiary alicyclic amines) is 1. The Kier molecular flexibility index (Phi) is 6.52. The molecule has 2 aromatic heterocycles. The third kappa shape index (κ3) is 4.75. The molecule has 4 heterocycles. The number of nitrogens with zero attached hydrogens (tertiary/aromatic N) is 4. The number of rotatable bonds is 8. The number of aromatic nitrogens is 2. The van der Waals surface area contributed by atoms with Gasteiger partial charge in [0.2, 0.25) is 11.8 Å². The maximum atomic E-state index is 12.5. The molecule has 0 spiro atoms. The lowest BCUT2D eigenvalue weighted by Gasteiger charge is -2.25. The predicted octanol–water partition coefficient (Wildman–Crippen LogP) is 2.68. The fourth-order valence-corrected chi connectivity index (χ4v) is 4.16. The summed E-state index contributed by atoms with van der Waals surface area (Å²) in [6.45, 7) is 5.78. The zero-order valence-corrected chi connectivity index (χ0v) is 17.6. The first-order chi connectivity index (χ1) is 14.6. The van der Waals surface area contributed by atoms with Gasteiger partial charge in [-0.1, -0.05) is 6.92 Å². The van der Waals surface area contributed by atoms with E-state index < -0.39 is 0 Å². The van der Waals surface area contributed by atoms with E-state index in [9.17, 15) is 9.59 Å². The van der Waals surface area contributed by atoms with Gasteiger partial charge in [0.05, 0.1) is 19.2 Å². The van der Waals surface area contributed by atoms with Crippen LogP contribution in [0.1, 0.15) is 61.1 Å². The first-order valence-electron chi connectivity index (χ1n) is 10.9. The average Bonchev–Trinajstić information content (AvgIpc) is 3.55. The topological polar surface area (TPSA) is 80.8 Å². The van der Waals surface area contributed by atoms with E-state index in [1.54, 1.807) is 0 Å². The summed E-state index contributed by atoms with van der Waals surface area (Å²) in [5.41, 5.74) is 1.36. The zero-order valence-electron chi connectivity index (χ0n) is 17.6. The molecule has 2 saturated heterocycles. The Balaban J connectivity index is 1.42. The summed E-state index contributed by atoms with van der Waals surface area (Å²) in [5, 5.41) is 0. The van der Waals surface area contributed by atoms with Crippen molar-refractivity contribution in [1.29, 1.82) is 0 Å². The zero-order chi connectivity index (χ0) is 20.9. The molecule has 1 unspecified atom stereocenters. The fourth-order valence-electron chi connectivity index (χ4n) is 4.16. The molecule has 0 radical (unpaired) electrons. The van der Waals surface area contributed by atoms with Crippen LogP contribution in [0.15, 0.2) is 29.0 Å². The third-order valence-electron chi connectivity index (χ3n) is 5.85. The Bertz CT molecular complexity index is 862. The van der Waals surface area contributed by atoms with E-state index in [1.165, 1.54) is 6.26 Å². The summed E-state index contributed by atoms with van der Waals surface area (Å²) >= 11 is 0. The van der Waals surface area contributed by atoms with Crippen molar-refractivity contribution in [3.63, 3.8) is 0 Å². The first-order valence-corrected chi connectivity index (χ1v) is 10.9. The van der Waals surface area contributed by atoms with Gasteiger partial charge in [-0.3, -0.25) is 9.59 Å². The van der Waals surface area contributed by atoms with Crippen molar-refractivity contribution in [2.24, 2.45) is 0 Å². The highest BCUT2D eigenvalue weighted by atomic mass is 16.5. The Morgan fingerprint density at radius 3 is 2.83 bits per heavy atom. The lowest BCUT2D eigenvalue weighted by molar-refractivity contribution is -0.133. The minimum absolute atomic E-state index is 0.0634. The van der Waals surface area contributed by atoms with Crippen LogP contribution in [0.3, 0.4) is 0 Å². The maximum Gasteiger partial charge on any atom is 0.275 e. The molecule has 2 fully saturated rings. The van der Waals surface area contributed by atoms with Crippen LogP contribution < -0.4 is 0 Å². The average molecular weight is 415 g/mol. The molecule has 30 heavy (non-hydrogen) atoms. The number of hydrogen-bond donors (Lipinski definition) is 0. The molecule has 2 amide bonds. The van der Waals surface area contributed by atoms with Crippen LogP contribution in [0, 0.1) is 0 Å². The second-order valence-electron chi connectivity index (χ2n) is 8.02. The van der Waals surface area contributed by atoms with Gasteiger partial charge in [0.25, 0.3) is 5.91 Å². The van der Waals surface area contributed by atoms with Crippen LogP contribution in [0.2, 0.25) is 0 Å². The molecule has 2 aliphatic heterocycles. The molecule has 0 aliphatic carbocycles. The Labute approximate surface area is 176 Å². The Morgan fingerprint density at radius 2 is 2.10 bits per heavy atom. The quantitative estimate of drug-likeness (QED) is 0.663. The van der Waals surface area contributed by atoms with Gasteiger partial charge in [-0.2, -0.15) is 0 Å². The van der Waals surface area contributed by atoms with Crippen molar-refractivity contribution in [3.05, 3.63) is 41.9 Å². The van der Waals surface area contributed by atoms with Crippen molar-refractivity contribution in [2.75, 3.05) is 26.2 Å². The molecule has 4 rings (SSSR count). The lowest BCUT2D eigenvalue weighted by Crippen LogP contribution is -2.37. The van der Waals surface area contributed by atoms with Crippen LogP contribution in [0.4, 0.5) is 0 Å². The Hall–Kier alpha value is -2.61. The molecule has 8 nitrogen and oxygen atoms in total. The number of carbonyl (C=O) groups excluding carboxylic acids is 2. The normalized spacial score (nSPS) is 18.8. The summed E-state index contributed by atoms with van der Waals surface area (Å²) in [4.78, 5) is 33.1. The number of ether oxygens (including phenoxy) is 1. The minimum Gasteiger partial charge on any atom is -0.446 e. The maximum absolute atomic E-state index is 12.5. The monoisotopic (exact) mass is 414 g/mol. The molecule has 1 atom stereocenters. The number of hydrogen-bond acceptors (Lipinski definition) is 5. The summed E-state index contributed by atoms with van der Waals surface area (Å²) in [5.74, 6) is 0.543. The molecular formula is C22H30N4O4. The second-order valence-corrected chi connectivity index (χ2v) is 8.02. The van der Waals surface area contributed by atoms with E-state index in [-0.39, 0.29) is 17.9 Å². The van der Waals surface area contributed by atoms with E-state index >= 15 is 0 Å². The highest BCUT2D eigenvalue weighted by Crippen LogP contribution is 2.18. The largest absolute Gasteiger partial charge is 0.446 e. The summed E-state index contributed by atoms with van der Waals surface area (Å²) in [7, 11) is 0. The molecule has 2 aliphatic rings. The van der Waals surface area contributed by atoms with Gasteiger partial charge in [-0.05, 0) is 37.8 Å². The lowest BCUT2D eigenvalue weighted by atomic mass is 10.2. The van der Waals surface area contributed by atoms with Gasteiger partial charge >= 0.3 is 0 Å². The first kappa shape index (κ1) is 20.7. The van der Waals surface area contributed by atoms with Crippen LogP contribution in [0.5, 0.6) is 0 Å². The molecule has 0 aromatic carbocycles. The molecule has 0 bridgehead atoms. The van der Waals surface area contributed by atoms with Gasteiger partial charge in [0.15, 0.2) is 5.69 Å². The van der Waals surface area contributed by atoms with Crippen LogP contribution in [0.25, 0.3) is 0 Å². The molecule has 8 heteroatoms. The van der Waals surface area contributed by atoms with E-state index in [0.29, 0.717) is 37.6 Å². The fraction of sp³-hybridized carbons (Fsp3) is 0.591. The summed E-state index contributed by atoms with van der Waals surface area (Å²) < 4.78 is 13.3. The van der Waals surface area contributed by atoms with Crippen molar-refractivity contribution < 1.29 is 18.7 Å². The van der Waals surface area contributed by atoms with Crippen LogP contribution in [-0.2, 0) is 22.6 Å². The third-order valence-corrected chi connectivity index (χ3v) is 5.85. The van der Waals surface area contributed by atoms with E-state index in [2.05, 4.69) is 4.98 Å². The van der Waals surface area contributed by atoms with Crippen LogP contribution >= 0.6 is 0 Å². The van der Waals surface area contributed by atoms with Gasteiger partial charge in [0.1, 0.15) is 6.26 Å². The Morgan fingerprint density at radius 1 is 1.27 bits per heavy atom. The van der Waals surface area contributed by atoms with Crippen molar-refractivity contribution in [1.82, 2.24) is 19.4 Å². The SMILES string of the molecule is CCC(=O)N(Cc1cccn1Cc1nc(C(=O)N2CCCC2)co1)CC1CCCO1. The van der Waals surface area contributed by atoms with Crippen LogP contribution in [-0.4, -0.2) is 63.5 Å². The number of amides is 2. The van der Waals surface area contributed by atoms with E-state index in [4.69, 9.17) is 9.15 Å². The van der Waals surface area contributed by atoms with Crippen molar-refractivity contribution in [2.45, 2.75) is 58.2 Å². The highest BCUT2D eigenvalue weighted by Gasteiger charge is 2.24. The van der Waals surface area contributed by atoms with Gasteiger partial charge in [-0.15, -0.1) is 0 Å². The summed E-state index contributed by atoms with van der Waals surface area (Å²) in [6.07, 6.45) is 8.12. The minimum atomic E-state index is -0.0634. The molecule has 0 N–H and O–H groups in total. The summed E-state index contributed by atoms with van der Waals surface area (Å²) in [6, 6.07) is 3.96. The van der Waals surface area contributed by atoms with Gasteiger partial charge < -0.3 is 23.5 Å². The van der Waals surface area contributed by atoms with Gasteiger partial charge in [0, 0.05) is 44.6 Å². The molecular weight excluding hydrogens is 384 g/mol. The van der Waals surface area contributed by atoms with Crippen molar-refractivity contribution in [3.8, 4) is 0 Å². The van der Waals surface area contributed by atoms with Gasteiger partial charge in [-0.25, -0.2) is 4.98 Å². The standard InChI is InChI=1S/C22H30N4O4/c1-2-21(27)26(14-18-8-6-12-29-18)13-17-7-5-11-25(17)15-20-23-19(16-30-20)22(28)24-9-3-4-10-24/h5,7,11,16,18H,2-4,6,8-10,12-15H2,1H3. The van der Waals surface area contributed by atoms with E-state index in [0.717, 1.165) is 51.1 Å². The van der Waals surface area contributed by atoms with Crippen molar-refractivity contribution >= 4 is 11.8 Å². The molecule has 162 valence electrons. The number of carbonyl (C=O) groups is 2. The predicted molar refractivity (Wildman–Crippen MR) is 110 cm³/mol. The van der Waals surface area contributed by atoms with E-state index in [1.807, 2.05) is 39.6 Å². The molecule has 2 aromatic rings. The smallest absolute Gasteiger partial charge is 0.275 e. The second kappa shape index (κ2) is 9.47. The number of oxazole rings is 1. The highest BCUT2D eigenvalue weighted by molar-refractivity contribution is 5.92.